The Morgan fingerprint density at radius 1 is 1.24 bits per heavy atom. The van der Waals surface area contributed by atoms with Gasteiger partial charge in [0.2, 0.25) is 0 Å². The largest absolute Gasteiger partial charge is 0.377 e. The first kappa shape index (κ1) is 17.1. The van der Waals surface area contributed by atoms with Crippen molar-refractivity contribution in [2.45, 2.75) is 33.4 Å². The summed E-state index contributed by atoms with van der Waals surface area (Å²) in [6.45, 7) is 7.42. The maximum absolute atomic E-state index is 5.62. The lowest BCUT2D eigenvalue weighted by atomic mass is 10.1. The average Bonchev–Trinajstić information content (AvgIpc) is 2.51. The zero-order valence-electron chi connectivity index (χ0n) is 13.0. The third-order valence-electron chi connectivity index (χ3n) is 2.83. The van der Waals surface area contributed by atoms with Crippen molar-refractivity contribution in [1.82, 2.24) is 10.6 Å². The fourth-order valence-corrected chi connectivity index (χ4v) is 1.82. The summed E-state index contributed by atoms with van der Waals surface area (Å²) in [6.07, 6.45) is 6.29. The van der Waals surface area contributed by atoms with Gasteiger partial charge in [-0.25, -0.2) is 4.99 Å². The van der Waals surface area contributed by atoms with Crippen LogP contribution in [0.3, 0.4) is 0 Å². The van der Waals surface area contributed by atoms with Crippen molar-refractivity contribution >= 4 is 5.96 Å². The van der Waals surface area contributed by atoms with E-state index in [1.54, 1.807) is 0 Å². The second-order valence-electron chi connectivity index (χ2n) is 4.57. The lowest BCUT2D eigenvalue weighted by Gasteiger charge is -2.11. The predicted octanol–water partition coefficient (Wildman–Crippen LogP) is 2.30. The third-order valence-corrected chi connectivity index (χ3v) is 2.83. The molecule has 0 amide bonds. The molecule has 4 heteroatoms. The van der Waals surface area contributed by atoms with Gasteiger partial charge in [-0.05, 0) is 24.5 Å². The van der Waals surface area contributed by atoms with Gasteiger partial charge < -0.3 is 15.4 Å². The van der Waals surface area contributed by atoms with Crippen LogP contribution in [-0.2, 0) is 17.9 Å². The molecule has 0 aliphatic heterocycles. The van der Waals surface area contributed by atoms with Crippen LogP contribution in [0.25, 0.3) is 0 Å². The van der Waals surface area contributed by atoms with E-state index in [-0.39, 0.29) is 0 Å². The Hall–Kier alpha value is -1.99. The second kappa shape index (κ2) is 10.8. The molecule has 4 nitrogen and oxygen atoms in total. The maximum atomic E-state index is 5.62. The first-order chi connectivity index (χ1) is 10.3. The molecule has 2 N–H and O–H groups in total. The molecule has 0 fully saturated rings. The third kappa shape index (κ3) is 6.82. The predicted molar refractivity (Wildman–Crippen MR) is 88.0 cm³/mol. The van der Waals surface area contributed by atoms with Gasteiger partial charge in [0.15, 0.2) is 5.96 Å². The van der Waals surface area contributed by atoms with Crippen LogP contribution in [0.5, 0.6) is 0 Å². The quantitative estimate of drug-likeness (QED) is 0.334. The van der Waals surface area contributed by atoms with E-state index in [4.69, 9.17) is 11.2 Å². The molecule has 0 atom stereocenters. The number of nitrogens with one attached hydrogen (secondary N) is 2. The first-order valence-electron chi connectivity index (χ1n) is 7.42. The molecule has 1 aromatic carbocycles. The normalized spacial score (nSPS) is 11.0. The highest BCUT2D eigenvalue weighted by molar-refractivity contribution is 5.80. The van der Waals surface area contributed by atoms with Crippen molar-refractivity contribution in [3.63, 3.8) is 0 Å². The van der Waals surface area contributed by atoms with E-state index < -0.39 is 0 Å². The van der Waals surface area contributed by atoms with E-state index in [9.17, 15) is 0 Å². The van der Waals surface area contributed by atoms with E-state index >= 15 is 0 Å². The molecule has 0 aromatic heterocycles. The number of terminal acetylenes is 1. The van der Waals surface area contributed by atoms with Gasteiger partial charge in [-0.3, -0.25) is 0 Å². The SMILES string of the molecule is C#CCNC(=NCc1ccccc1COCCC)NCC. The summed E-state index contributed by atoms with van der Waals surface area (Å²) in [6, 6.07) is 8.22. The highest BCUT2D eigenvalue weighted by Gasteiger charge is 2.02. The molecule has 0 unspecified atom stereocenters. The molecular weight excluding hydrogens is 262 g/mol. The van der Waals surface area contributed by atoms with E-state index in [2.05, 4.69) is 40.6 Å². The summed E-state index contributed by atoms with van der Waals surface area (Å²) >= 11 is 0. The molecule has 0 aliphatic rings. The van der Waals surface area contributed by atoms with E-state index in [0.29, 0.717) is 19.7 Å². The number of aliphatic imine (C=N–C) groups is 1. The zero-order chi connectivity index (χ0) is 15.3. The first-order valence-corrected chi connectivity index (χ1v) is 7.42. The van der Waals surface area contributed by atoms with Crippen molar-refractivity contribution in [1.29, 1.82) is 0 Å². The topological polar surface area (TPSA) is 45.7 Å². The minimum absolute atomic E-state index is 0.465. The number of ether oxygens (including phenoxy) is 1. The molecule has 0 bridgehead atoms. The lowest BCUT2D eigenvalue weighted by molar-refractivity contribution is 0.121. The summed E-state index contributed by atoms with van der Waals surface area (Å²) in [5.74, 6) is 3.28. The monoisotopic (exact) mass is 287 g/mol. The zero-order valence-corrected chi connectivity index (χ0v) is 13.0. The maximum Gasteiger partial charge on any atom is 0.192 e. The van der Waals surface area contributed by atoms with E-state index in [1.165, 1.54) is 11.1 Å². The van der Waals surface area contributed by atoms with E-state index in [1.807, 2.05) is 19.1 Å². The Morgan fingerprint density at radius 2 is 2.00 bits per heavy atom. The smallest absolute Gasteiger partial charge is 0.192 e. The van der Waals surface area contributed by atoms with Gasteiger partial charge in [-0.1, -0.05) is 37.1 Å². The standard InChI is InChI=1S/C17H25N3O/c1-4-11-19-17(18-6-3)20-13-15-9-7-8-10-16(15)14-21-12-5-2/h1,7-10H,5-6,11-14H2,2-3H3,(H2,18,19,20). The van der Waals surface area contributed by atoms with Crippen molar-refractivity contribution in [3.05, 3.63) is 35.4 Å². The van der Waals surface area contributed by atoms with Crippen LogP contribution in [0.15, 0.2) is 29.3 Å². The van der Waals surface area contributed by atoms with Gasteiger partial charge in [0.25, 0.3) is 0 Å². The Kier molecular flexibility index (Phi) is 8.74. The number of nitrogens with zero attached hydrogens (tertiary/aromatic N) is 1. The van der Waals surface area contributed by atoms with Crippen LogP contribution >= 0.6 is 0 Å². The van der Waals surface area contributed by atoms with Crippen LogP contribution < -0.4 is 10.6 Å². The van der Waals surface area contributed by atoms with Crippen LogP contribution in [0, 0.1) is 12.3 Å². The van der Waals surface area contributed by atoms with Gasteiger partial charge in [0.05, 0.1) is 19.7 Å². The highest BCUT2D eigenvalue weighted by atomic mass is 16.5. The number of hydrogen-bond donors (Lipinski definition) is 2. The number of guanidine groups is 1. The fourth-order valence-electron chi connectivity index (χ4n) is 1.82. The molecule has 0 saturated carbocycles. The lowest BCUT2D eigenvalue weighted by Crippen LogP contribution is -2.37. The van der Waals surface area contributed by atoms with Gasteiger partial charge in [0.1, 0.15) is 0 Å². The Labute approximate surface area is 128 Å². The summed E-state index contributed by atoms with van der Waals surface area (Å²) in [5, 5.41) is 6.26. The van der Waals surface area contributed by atoms with Gasteiger partial charge >= 0.3 is 0 Å². The summed E-state index contributed by atoms with van der Waals surface area (Å²) in [7, 11) is 0. The number of hydrogen-bond acceptors (Lipinski definition) is 2. The minimum atomic E-state index is 0.465. The van der Waals surface area contributed by atoms with Crippen LogP contribution in [0.4, 0.5) is 0 Å². The summed E-state index contributed by atoms with van der Waals surface area (Å²) in [4.78, 5) is 4.55. The average molecular weight is 287 g/mol. The molecule has 0 saturated heterocycles. The fraction of sp³-hybridized carbons (Fsp3) is 0.471. The summed E-state index contributed by atoms with van der Waals surface area (Å²) in [5.41, 5.74) is 2.36. The molecule has 0 aliphatic carbocycles. The molecule has 0 spiro atoms. The molecule has 1 rings (SSSR count). The molecule has 21 heavy (non-hydrogen) atoms. The molecule has 114 valence electrons. The second-order valence-corrected chi connectivity index (χ2v) is 4.57. The Morgan fingerprint density at radius 3 is 2.67 bits per heavy atom. The highest BCUT2D eigenvalue weighted by Crippen LogP contribution is 2.11. The number of rotatable bonds is 8. The molecule has 0 radical (unpaired) electrons. The van der Waals surface area contributed by atoms with Crippen molar-refractivity contribution in [2.24, 2.45) is 4.99 Å². The van der Waals surface area contributed by atoms with Gasteiger partial charge in [-0.2, -0.15) is 0 Å². The van der Waals surface area contributed by atoms with E-state index in [0.717, 1.165) is 25.5 Å². The molecule has 0 heterocycles. The van der Waals surface area contributed by atoms with Crippen molar-refractivity contribution in [2.75, 3.05) is 19.7 Å². The Balaban J connectivity index is 2.69. The van der Waals surface area contributed by atoms with Crippen molar-refractivity contribution < 1.29 is 4.74 Å². The Bertz CT molecular complexity index is 477. The minimum Gasteiger partial charge on any atom is -0.377 e. The van der Waals surface area contributed by atoms with Gasteiger partial charge in [-0.15, -0.1) is 6.42 Å². The molecule has 1 aromatic rings. The molecular formula is C17H25N3O. The summed E-state index contributed by atoms with van der Waals surface area (Å²) < 4.78 is 5.62. The number of benzene rings is 1. The van der Waals surface area contributed by atoms with Crippen molar-refractivity contribution in [3.8, 4) is 12.3 Å². The van der Waals surface area contributed by atoms with Crippen LogP contribution in [0.2, 0.25) is 0 Å². The van der Waals surface area contributed by atoms with Crippen LogP contribution in [-0.4, -0.2) is 25.7 Å². The van der Waals surface area contributed by atoms with Gasteiger partial charge in [0, 0.05) is 13.2 Å². The van der Waals surface area contributed by atoms with Crippen LogP contribution in [0.1, 0.15) is 31.4 Å².